The third-order valence-corrected chi connectivity index (χ3v) is 8.94. The summed E-state index contributed by atoms with van der Waals surface area (Å²) in [5.74, 6) is -0.549. The number of hydrogen-bond acceptors (Lipinski definition) is 6. The number of nitrogens with zero attached hydrogens (tertiary/aromatic N) is 2. The molecule has 36 heavy (non-hydrogen) atoms. The quantitative estimate of drug-likeness (QED) is 0.0772. The summed E-state index contributed by atoms with van der Waals surface area (Å²) in [7, 11) is -8.25. The van der Waals surface area contributed by atoms with Crippen LogP contribution in [0.5, 0.6) is 0 Å². The third-order valence-electron chi connectivity index (χ3n) is 6.24. The standard InChI is InChI=1S/C25H44N2O7S2/c1-2-3-4-5-6-7-8-9-10-11-12-13-14-15-20-26(21-17-22-35(30,31)32)36(33,34)25-19-16-18-24(23-25)27(28)29/h16,18-19,23H,2-15,17,20-22H2,1H3,(H,30,31,32). The van der Waals surface area contributed by atoms with E-state index in [-0.39, 0.29) is 30.1 Å². The van der Waals surface area contributed by atoms with E-state index >= 15 is 0 Å². The highest BCUT2D eigenvalue weighted by atomic mass is 32.2. The Labute approximate surface area is 217 Å². The number of non-ortho nitro benzene ring substituents is 1. The first kappa shape index (κ1) is 32.5. The molecular formula is C25H44N2O7S2. The zero-order chi connectivity index (χ0) is 26.9. The minimum atomic E-state index is -4.21. The number of nitro groups is 1. The van der Waals surface area contributed by atoms with E-state index < -0.39 is 30.8 Å². The topological polar surface area (TPSA) is 135 Å². The van der Waals surface area contributed by atoms with Crippen molar-refractivity contribution in [1.29, 1.82) is 0 Å². The van der Waals surface area contributed by atoms with Gasteiger partial charge in [-0.15, -0.1) is 0 Å². The van der Waals surface area contributed by atoms with E-state index in [1.807, 2.05) is 0 Å². The van der Waals surface area contributed by atoms with Crippen LogP contribution >= 0.6 is 0 Å². The van der Waals surface area contributed by atoms with Gasteiger partial charge in [-0.1, -0.05) is 96.5 Å². The molecule has 0 radical (unpaired) electrons. The Hall–Kier alpha value is -1.56. The van der Waals surface area contributed by atoms with E-state index in [9.17, 15) is 26.9 Å². The van der Waals surface area contributed by atoms with Crippen LogP contribution in [-0.2, 0) is 20.1 Å². The molecule has 0 heterocycles. The van der Waals surface area contributed by atoms with E-state index in [4.69, 9.17) is 4.55 Å². The van der Waals surface area contributed by atoms with Gasteiger partial charge in [0.2, 0.25) is 10.0 Å². The van der Waals surface area contributed by atoms with Crippen LogP contribution in [0.3, 0.4) is 0 Å². The van der Waals surface area contributed by atoms with E-state index in [1.54, 1.807) is 0 Å². The van der Waals surface area contributed by atoms with Crippen LogP contribution in [0.4, 0.5) is 5.69 Å². The Bertz CT molecular complexity index is 966. The Morgan fingerprint density at radius 1 is 0.778 bits per heavy atom. The van der Waals surface area contributed by atoms with Gasteiger partial charge in [-0.3, -0.25) is 14.7 Å². The van der Waals surface area contributed by atoms with Crippen molar-refractivity contribution in [1.82, 2.24) is 4.31 Å². The Morgan fingerprint density at radius 2 is 1.25 bits per heavy atom. The Balaban J connectivity index is 2.45. The largest absolute Gasteiger partial charge is 0.286 e. The molecule has 1 rings (SSSR count). The van der Waals surface area contributed by atoms with Gasteiger partial charge in [-0.25, -0.2) is 8.42 Å². The molecule has 11 heteroatoms. The fraction of sp³-hybridized carbons (Fsp3) is 0.760. The minimum absolute atomic E-state index is 0.0639. The van der Waals surface area contributed by atoms with E-state index in [0.717, 1.165) is 29.6 Å². The molecule has 0 aliphatic heterocycles. The second kappa shape index (κ2) is 17.8. The normalized spacial score (nSPS) is 12.3. The Morgan fingerprint density at radius 3 is 1.72 bits per heavy atom. The van der Waals surface area contributed by atoms with Crippen LogP contribution in [0.25, 0.3) is 0 Å². The summed E-state index contributed by atoms with van der Waals surface area (Å²) in [4.78, 5) is 10.2. The van der Waals surface area contributed by atoms with Gasteiger partial charge in [0.05, 0.1) is 15.6 Å². The molecule has 0 aromatic heterocycles. The minimum Gasteiger partial charge on any atom is -0.286 e. The number of rotatable bonds is 22. The maximum absolute atomic E-state index is 13.1. The molecule has 208 valence electrons. The highest BCUT2D eigenvalue weighted by Gasteiger charge is 2.26. The summed E-state index contributed by atoms with van der Waals surface area (Å²) in [6, 6.07) is 4.84. The molecular weight excluding hydrogens is 504 g/mol. The van der Waals surface area contributed by atoms with Gasteiger partial charge in [0.15, 0.2) is 0 Å². The van der Waals surface area contributed by atoms with Crippen molar-refractivity contribution in [3.63, 3.8) is 0 Å². The van der Waals surface area contributed by atoms with Gasteiger partial charge in [-0.2, -0.15) is 12.7 Å². The third kappa shape index (κ3) is 14.2. The van der Waals surface area contributed by atoms with Crippen molar-refractivity contribution in [2.75, 3.05) is 18.8 Å². The van der Waals surface area contributed by atoms with Gasteiger partial charge in [0.25, 0.3) is 15.8 Å². The number of benzene rings is 1. The second-order valence-electron chi connectivity index (χ2n) is 9.39. The van der Waals surface area contributed by atoms with Crippen LogP contribution in [0.15, 0.2) is 29.2 Å². The van der Waals surface area contributed by atoms with Crippen molar-refractivity contribution in [2.45, 2.75) is 108 Å². The number of nitro benzene ring substituents is 1. The van der Waals surface area contributed by atoms with Crippen molar-refractivity contribution >= 4 is 25.8 Å². The molecule has 0 atom stereocenters. The average molecular weight is 549 g/mol. The lowest BCUT2D eigenvalue weighted by molar-refractivity contribution is -0.385. The SMILES string of the molecule is CCCCCCCCCCCCCCCCN(CCCS(=O)(=O)O)S(=O)(=O)c1cccc([N+](=O)[O-])c1. The summed E-state index contributed by atoms with van der Waals surface area (Å²) in [6.45, 7) is 2.32. The molecule has 0 bridgehead atoms. The molecule has 0 aliphatic carbocycles. The van der Waals surface area contributed by atoms with Crippen LogP contribution in [0.1, 0.15) is 103 Å². The van der Waals surface area contributed by atoms with Gasteiger partial charge >= 0.3 is 0 Å². The number of sulfonamides is 1. The smallest absolute Gasteiger partial charge is 0.270 e. The highest BCUT2D eigenvalue weighted by Crippen LogP contribution is 2.22. The molecule has 0 saturated heterocycles. The molecule has 0 aliphatic rings. The van der Waals surface area contributed by atoms with Crippen LogP contribution < -0.4 is 0 Å². The van der Waals surface area contributed by atoms with Gasteiger partial charge in [-0.05, 0) is 18.9 Å². The van der Waals surface area contributed by atoms with Crippen LogP contribution in [0, 0.1) is 10.1 Å². The fourth-order valence-electron chi connectivity index (χ4n) is 4.16. The summed E-state index contributed by atoms with van der Waals surface area (Å²) in [5, 5.41) is 11.1. The summed E-state index contributed by atoms with van der Waals surface area (Å²) in [5.41, 5.74) is -0.328. The zero-order valence-electron chi connectivity index (χ0n) is 21.6. The lowest BCUT2D eigenvalue weighted by atomic mass is 10.0. The summed E-state index contributed by atoms with van der Waals surface area (Å²) >= 11 is 0. The predicted octanol–water partition coefficient (Wildman–Crippen LogP) is 6.34. The molecule has 1 aromatic rings. The van der Waals surface area contributed by atoms with Crippen molar-refractivity contribution in [3.05, 3.63) is 34.4 Å². The Kier molecular flexibility index (Phi) is 16.1. The molecule has 0 unspecified atom stereocenters. The van der Waals surface area contributed by atoms with Crippen molar-refractivity contribution < 1.29 is 26.3 Å². The predicted molar refractivity (Wildman–Crippen MR) is 143 cm³/mol. The fourth-order valence-corrected chi connectivity index (χ4v) is 6.22. The van der Waals surface area contributed by atoms with E-state index in [1.165, 1.54) is 82.4 Å². The summed E-state index contributed by atoms with van der Waals surface area (Å²) in [6.07, 6.45) is 16.4. The molecule has 1 aromatic carbocycles. The zero-order valence-corrected chi connectivity index (χ0v) is 23.3. The first-order valence-electron chi connectivity index (χ1n) is 13.3. The average Bonchev–Trinajstić information content (AvgIpc) is 2.82. The number of hydrogen-bond donors (Lipinski definition) is 1. The van der Waals surface area contributed by atoms with Crippen LogP contribution in [-0.4, -0.2) is 49.5 Å². The van der Waals surface area contributed by atoms with Crippen molar-refractivity contribution in [3.8, 4) is 0 Å². The van der Waals surface area contributed by atoms with Gasteiger partial charge in [0.1, 0.15) is 0 Å². The molecule has 0 spiro atoms. The molecule has 0 saturated carbocycles. The monoisotopic (exact) mass is 548 g/mol. The van der Waals surface area contributed by atoms with Crippen molar-refractivity contribution in [2.24, 2.45) is 0 Å². The molecule has 9 nitrogen and oxygen atoms in total. The summed E-state index contributed by atoms with van der Waals surface area (Å²) < 4.78 is 58.5. The molecule has 1 N–H and O–H groups in total. The van der Waals surface area contributed by atoms with Gasteiger partial charge in [0, 0.05) is 25.2 Å². The molecule has 0 fully saturated rings. The number of unbranched alkanes of at least 4 members (excludes halogenated alkanes) is 13. The van der Waals surface area contributed by atoms with Gasteiger partial charge < -0.3 is 0 Å². The maximum Gasteiger partial charge on any atom is 0.270 e. The van der Waals surface area contributed by atoms with E-state index in [2.05, 4.69) is 6.92 Å². The highest BCUT2D eigenvalue weighted by molar-refractivity contribution is 7.89. The van der Waals surface area contributed by atoms with Crippen LogP contribution in [0.2, 0.25) is 0 Å². The first-order chi connectivity index (χ1) is 17.1. The maximum atomic E-state index is 13.1. The molecule has 0 amide bonds. The lowest BCUT2D eigenvalue weighted by Crippen LogP contribution is -2.34. The second-order valence-corrected chi connectivity index (χ2v) is 12.9. The first-order valence-corrected chi connectivity index (χ1v) is 16.3. The van der Waals surface area contributed by atoms with E-state index in [0.29, 0.717) is 6.42 Å². The lowest BCUT2D eigenvalue weighted by Gasteiger charge is -2.22.